The number of hydrogen-bond acceptors (Lipinski definition) is 12. The molecule has 14 nitrogen and oxygen atoms in total. The first-order chi connectivity index (χ1) is 15.6. The van der Waals surface area contributed by atoms with Crippen molar-refractivity contribution in [2.75, 3.05) is 12.8 Å². The number of benzene rings is 1. The molecule has 0 fully saturated rings. The lowest BCUT2D eigenvalue weighted by Crippen LogP contribution is -2.20. The third kappa shape index (κ3) is 4.41. The summed E-state index contributed by atoms with van der Waals surface area (Å²) in [5.41, 5.74) is 9.44. The highest BCUT2D eigenvalue weighted by Crippen LogP contribution is 2.24. The number of hydrazone groups is 1. The number of carbonyl (C=O) groups is 1. The summed E-state index contributed by atoms with van der Waals surface area (Å²) in [6, 6.07) is 7.17. The molecule has 1 aromatic carbocycles. The number of aryl methyl sites for hydroxylation is 1. The van der Waals surface area contributed by atoms with E-state index in [0.717, 1.165) is 11.3 Å². The fourth-order valence-corrected chi connectivity index (χ4v) is 3.44. The number of amides is 1. The zero-order valence-corrected chi connectivity index (χ0v) is 17.7. The highest BCUT2D eigenvalue weighted by molar-refractivity contribution is 7.98. The number of methoxy groups -OCH3 is 1. The maximum atomic E-state index is 12.8. The van der Waals surface area contributed by atoms with E-state index in [9.17, 15) is 4.79 Å². The predicted molar refractivity (Wildman–Crippen MR) is 112 cm³/mol. The summed E-state index contributed by atoms with van der Waals surface area (Å²) in [5, 5.41) is 27.7. The summed E-state index contributed by atoms with van der Waals surface area (Å²) < 4.78 is 12.8. The predicted octanol–water partition coefficient (Wildman–Crippen LogP) is 0.426. The second kappa shape index (κ2) is 9.25. The summed E-state index contributed by atoms with van der Waals surface area (Å²) in [4.78, 5) is 12.8. The van der Waals surface area contributed by atoms with Gasteiger partial charge in [-0.25, -0.2) is 10.1 Å². The van der Waals surface area contributed by atoms with Crippen LogP contribution < -0.4 is 15.9 Å². The summed E-state index contributed by atoms with van der Waals surface area (Å²) in [5.74, 6) is 0.534. The fraction of sp³-hybridized carbons (Fsp3) is 0.176. The molecule has 4 rings (SSSR count). The van der Waals surface area contributed by atoms with Gasteiger partial charge in [-0.05, 0) is 40.1 Å². The molecule has 0 aliphatic heterocycles. The van der Waals surface area contributed by atoms with Gasteiger partial charge in [0.1, 0.15) is 12.1 Å². The highest BCUT2D eigenvalue weighted by Gasteiger charge is 2.24. The lowest BCUT2D eigenvalue weighted by atomic mass is 10.2. The van der Waals surface area contributed by atoms with Gasteiger partial charge in [0.05, 0.1) is 19.0 Å². The number of nitrogen functional groups attached to an aromatic ring is 1. The minimum atomic E-state index is -0.565. The number of aromatic nitrogens is 8. The smallest absolute Gasteiger partial charge is 0.293 e. The highest BCUT2D eigenvalue weighted by atomic mass is 32.2. The minimum Gasteiger partial charge on any atom is -0.497 e. The van der Waals surface area contributed by atoms with Crippen molar-refractivity contribution in [3.63, 3.8) is 0 Å². The quantitative estimate of drug-likeness (QED) is 0.214. The van der Waals surface area contributed by atoms with Gasteiger partial charge in [-0.2, -0.15) is 9.78 Å². The van der Waals surface area contributed by atoms with Crippen LogP contribution in [0.25, 0.3) is 5.82 Å². The summed E-state index contributed by atoms with van der Waals surface area (Å²) in [6.07, 6.45) is 3.06. The Morgan fingerprint density at radius 3 is 2.78 bits per heavy atom. The van der Waals surface area contributed by atoms with Gasteiger partial charge in [-0.3, -0.25) is 4.79 Å². The van der Waals surface area contributed by atoms with Crippen molar-refractivity contribution in [2.24, 2.45) is 12.1 Å². The maximum absolute atomic E-state index is 12.8. The summed E-state index contributed by atoms with van der Waals surface area (Å²) >= 11 is 1.32. The van der Waals surface area contributed by atoms with E-state index in [1.165, 1.54) is 22.7 Å². The Morgan fingerprint density at radius 1 is 1.31 bits per heavy atom. The average molecular weight is 455 g/mol. The Hall–Kier alpha value is -4.27. The molecule has 0 saturated carbocycles. The van der Waals surface area contributed by atoms with Crippen molar-refractivity contribution in [3.8, 4) is 11.6 Å². The summed E-state index contributed by atoms with van der Waals surface area (Å²) in [6.45, 7) is 0. The molecule has 3 heterocycles. The number of ether oxygens (including phenoxy) is 1. The monoisotopic (exact) mass is 455 g/mol. The van der Waals surface area contributed by atoms with Gasteiger partial charge in [0.25, 0.3) is 5.91 Å². The molecular formula is C17H17N11O3S. The van der Waals surface area contributed by atoms with Crippen LogP contribution in [0.15, 0.2) is 45.5 Å². The van der Waals surface area contributed by atoms with E-state index in [1.54, 1.807) is 49.3 Å². The Labute approximate surface area is 184 Å². The van der Waals surface area contributed by atoms with Crippen molar-refractivity contribution in [3.05, 3.63) is 47.5 Å². The molecule has 164 valence electrons. The molecule has 0 radical (unpaired) electrons. The topological polar surface area (TPSA) is 177 Å². The van der Waals surface area contributed by atoms with Crippen LogP contribution in [0.2, 0.25) is 0 Å². The number of nitrogens with one attached hydrogen (secondary N) is 1. The van der Waals surface area contributed by atoms with Crippen LogP contribution in [0.5, 0.6) is 5.75 Å². The molecule has 0 aliphatic rings. The molecule has 15 heteroatoms. The molecule has 4 aromatic rings. The van der Waals surface area contributed by atoms with Gasteiger partial charge in [0, 0.05) is 12.8 Å². The van der Waals surface area contributed by atoms with Crippen LogP contribution in [-0.4, -0.2) is 59.3 Å². The number of nitrogens with two attached hydrogens (primary N) is 1. The van der Waals surface area contributed by atoms with Crippen molar-refractivity contribution < 1.29 is 14.2 Å². The van der Waals surface area contributed by atoms with Crippen molar-refractivity contribution in [1.29, 1.82) is 0 Å². The molecule has 0 atom stereocenters. The van der Waals surface area contributed by atoms with E-state index in [-0.39, 0.29) is 23.1 Å². The number of thioether (sulfide) groups is 1. The van der Waals surface area contributed by atoms with Crippen LogP contribution in [0.3, 0.4) is 0 Å². The van der Waals surface area contributed by atoms with E-state index < -0.39 is 5.91 Å². The van der Waals surface area contributed by atoms with Gasteiger partial charge in [-0.1, -0.05) is 17.0 Å². The first-order valence-electron chi connectivity index (χ1n) is 9.04. The zero-order valence-electron chi connectivity index (χ0n) is 16.9. The van der Waals surface area contributed by atoms with Gasteiger partial charge in [0.2, 0.25) is 11.6 Å². The molecule has 0 saturated heterocycles. The van der Waals surface area contributed by atoms with E-state index in [4.69, 9.17) is 10.5 Å². The van der Waals surface area contributed by atoms with Gasteiger partial charge >= 0.3 is 0 Å². The maximum Gasteiger partial charge on any atom is 0.293 e. The number of rotatable bonds is 8. The molecule has 0 aliphatic carbocycles. The second-order valence-electron chi connectivity index (χ2n) is 6.25. The van der Waals surface area contributed by atoms with Crippen molar-refractivity contribution >= 4 is 29.7 Å². The number of anilines is 1. The van der Waals surface area contributed by atoms with E-state index in [2.05, 4.69) is 46.0 Å². The van der Waals surface area contributed by atoms with Gasteiger partial charge in [-0.15, -0.1) is 15.3 Å². The molecule has 3 N–H and O–H groups in total. The third-order valence-electron chi connectivity index (χ3n) is 4.18. The molecule has 32 heavy (non-hydrogen) atoms. The molecule has 1 amide bonds. The largest absolute Gasteiger partial charge is 0.497 e. The van der Waals surface area contributed by atoms with Crippen LogP contribution in [-0.2, 0) is 12.8 Å². The Kier molecular flexibility index (Phi) is 6.07. The van der Waals surface area contributed by atoms with Gasteiger partial charge < -0.3 is 15.0 Å². The fourth-order valence-electron chi connectivity index (χ4n) is 2.56. The molecule has 0 spiro atoms. The number of carbonyl (C=O) groups excluding carboxylic acids is 1. The minimum absolute atomic E-state index is 0.00398. The van der Waals surface area contributed by atoms with Crippen LogP contribution in [0.1, 0.15) is 21.7 Å². The van der Waals surface area contributed by atoms with Crippen LogP contribution in [0, 0.1) is 0 Å². The SMILES string of the molecule is COc1ccc(/C=N/NC(=O)c2nnn(-c3nonc3N)c2CSc2nncn2C)cc1. The van der Waals surface area contributed by atoms with E-state index in [0.29, 0.717) is 10.9 Å². The first kappa shape index (κ1) is 21.0. The summed E-state index contributed by atoms with van der Waals surface area (Å²) in [7, 11) is 3.39. The molecular weight excluding hydrogens is 438 g/mol. The Morgan fingerprint density at radius 2 is 2.12 bits per heavy atom. The molecule has 3 aromatic heterocycles. The number of hydrogen-bond donors (Lipinski definition) is 2. The van der Waals surface area contributed by atoms with Gasteiger partial charge in [0.15, 0.2) is 10.9 Å². The lowest BCUT2D eigenvalue weighted by Gasteiger charge is -2.05. The lowest BCUT2D eigenvalue weighted by molar-refractivity contribution is 0.0949. The Balaban J connectivity index is 1.55. The van der Waals surface area contributed by atoms with E-state index in [1.807, 2.05) is 0 Å². The molecule has 0 unspecified atom stereocenters. The number of nitrogens with zero attached hydrogens (tertiary/aromatic N) is 9. The van der Waals surface area contributed by atoms with Crippen molar-refractivity contribution in [1.82, 2.24) is 45.5 Å². The second-order valence-corrected chi connectivity index (χ2v) is 7.20. The van der Waals surface area contributed by atoms with E-state index >= 15 is 0 Å². The standard InChI is InChI=1S/C17H17N11O3S/c1-27-9-20-23-17(27)32-8-12-13(21-26-28(12)15-14(18)24-31-25-15)16(29)22-19-7-10-3-5-11(30-2)6-4-10/h3-7,9H,8H2,1-2H3,(H2,18,24)(H,22,29)/b19-7+. The van der Waals surface area contributed by atoms with Crippen molar-refractivity contribution in [2.45, 2.75) is 10.9 Å². The third-order valence-corrected chi connectivity index (χ3v) is 5.22. The zero-order chi connectivity index (χ0) is 22.5. The normalized spacial score (nSPS) is 11.2. The van der Waals surface area contributed by atoms with Crippen LogP contribution in [0.4, 0.5) is 5.82 Å². The Bertz CT molecular complexity index is 1240. The first-order valence-corrected chi connectivity index (χ1v) is 10.0. The van der Waals surface area contributed by atoms with Crippen LogP contribution >= 0.6 is 11.8 Å². The molecule has 0 bridgehead atoms. The average Bonchev–Trinajstić information content (AvgIpc) is 3.52.